The molecule has 0 saturated carbocycles. The van der Waals surface area contributed by atoms with Crippen LogP contribution in [0.3, 0.4) is 0 Å². The number of carbonyl (C=O) groups is 2. The van der Waals surface area contributed by atoms with Crippen molar-refractivity contribution in [3.05, 3.63) is 61.7 Å². The Balaban J connectivity index is 2.39. The number of halogens is 6. The summed E-state index contributed by atoms with van der Waals surface area (Å²) in [6, 6.07) is 5.99. The van der Waals surface area contributed by atoms with Gasteiger partial charge in [0.2, 0.25) is 0 Å². The fourth-order valence-electron chi connectivity index (χ4n) is 2.75. The molecule has 0 amide bonds. The largest absolute Gasteiger partial charge is 0.573 e. The van der Waals surface area contributed by atoms with E-state index < -0.39 is 36.2 Å². The number of hydrogen-bond donors (Lipinski definition) is 0. The number of hydrogen-bond acceptors (Lipinski definition) is 8. The summed E-state index contributed by atoms with van der Waals surface area (Å²) in [7, 11) is 0. The monoisotopic (exact) mass is 550 g/mol. The summed E-state index contributed by atoms with van der Waals surface area (Å²) in [4.78, 5) is 22.2. The van der Waals surface area contributed by atoms with Crippen LogP contribution in [0.15, 0.2) is 61.7 Å². The molecule has 2 rings (SSSR count). The van der Waals surface area contributed by atoms with E-state index in [1.165, 1.54) is 12.1 Å². The molecule has 0 atom stereocenters. The van der Waals surface area contributed by atoms with Crippen molar-refractivity contribution in [3.8, 4) is 34.1 Å². The van der Waals surface area contributed by atoms with Crippen LogP contribution in [-0.4, -0.2) is 51.1 Å². The molecule has 0 aliphatic carbocycles. The van der Waals surface area contributed by atoms with Gasteiger partial charge < -0.3 is 28.4 Å². The summed E-state index contributed by atoms with van der Waals surface area (Å²) in [6.45, 7) is 5.32. The van der Waals surface area contributed by atoms with Gasteiger partial charge in [0.15, 0.2) is 0 Å². The first-order chi connectivity index (χ1) is 17.8. The Kier molecular flexibility index (Phi) is 10.4. The molecule has 0 aliphatic rings. The van der Waals surface area contributed by atoms with Gasteiger partial charge in [-0.3, -0.25) is 0 Å². The highest BCUT2D eigenvalue weighted by Gasteiger charge is 2.32. The quantitative estimate of drug-likeness (QED) is 0.142. The van der Waals surface area contributed by atoms with Crippen LogP contribution in [0.1, 0.15) is 0 Å². The summed E-state index contributed by atoms with van der Waals surface area (Å²) < 4.78 is 105. The Labute approximate surface area is 211 Å². The van der Waals surface area contributed by atoms with Crippen LogP contribution >= 0.6 is 0 Å². The van der Waals surface area contributed by atoms with Gasteiger partial charge in [0, 0.05) is 24.3 Å². The number of ether oxygens (including phenoxy) is 6. The van der Waals surface area contributed by atoms with Crippen LogP contribution in [0.5, 0.6) is 23.0 Å². The Morgan fingerprint density at radius 2 is 0.947 bits per heavy atom. The van der Waals surface area contributed by atoms with Gasteiger partial charge in [-0.1, -0.05) is 13.2 Å². The molecule has 38 heavy (non-hydrogen) atoms. The van der Waals surface area contributed by atoms with Gasteiger partial charge in [-0.25, -0.2) is 9.59 Å². The number of benzene rings is 2. The fraction of sp³-hybridized carbons (Fsp3) is 0.250. The molecule has 8 nitrogen and oxygen atoms in total. The molecule has 2 aromatic rings. The second-order valence-electron chi connectivity index (χ2n) is 6.92. The highest BCUT2D eigenvalue weighted by Crippen LogP contribution is 2.37. The molecule has 0 radical (unpaired) electrons. The average Bonchev–Trinajstić information content (AvgIpc) is 2.81. The zero-order valence-corrected chi connectivity index (χ0v) is 19.4. The van der Waals surface area contributed by atoms with Gasteiger partial charge in [0.25, 0.3) is 0 Å². The van der Waals surface area contributed by atoms with Crippen molar-refractivity contribution in [1.29, 1.82) is 0 Å². The first-order valence-electron chi connectivity index (χ1n) is 10.4. The van der Waals surface area contributed by atoms with Gasteiger partial charge >= 0.3 is 24.7 Å². The first-order valence-corrected chi connectivity index (χ1v) is 10.4. The third kappa shape index (κ3) is 11.1. The van der Waals surface area contributed by atoms with Crippen molar-refractivity contribution in [2.45, 2.75) is 12.7 Å². The number of esters is 2. The summed E-state index contributed by atoms with van der Waals surface area (Å²) in [6.07, 6.45) is -8.38. The summed E-state index contributed by atoms with van der Waals surface area (Å²) in [5.74, 6) is -3.36. The molecule has 206 valence electrons. The highest BCUT2D eigenvalue weighted by atomic mass is 19.4. The topological polar surface area (TPSA) is 89.5 Å². The second kappa shape index (κ2) is 13.3. The van der Waals surface area contributed by atoms with E-state index in [0.717, 1.165) is 36.4 Å². The van der Waals surface area contributed by atoms with Crippen LogP contribution in [0.4, 0.5) is 26.3 Å². The molecule has 0 heterocycles. The standard InChI is InChI=1S/C24H20F6O8/c1-3-21(31)35-7-5-33-17-9-15(11-19(13-17)37-23(25,26)27)16-10-18(34-6-8-36-22(32)4-2)14-20(12-16)38-24(28,29)30/h3-4,9-14H,1-2,5-8H2. The minimum atomic E-state index is -5.09. The third-order valence-corrected chi connectivity index (χ3v) is 4.09. The number of carbonyl (C=O) groups excluding carboxylic acids is 2. The second-order valence-corrected chi connectivity index (χ2v) is 6.92. The minimum absolute atomic E-state index is 0.0691. The molecule has 0 spiro atoms. The molecule has 0 bridgehead atoms. The Bertz CT molecular complexity index is 1050. The maximum Gasteiger partial charge on any atom is 0.573 e. The van der Waals surface area contributed by atoms with E-state index in [4.69, 9.17) is 18.9 Å². The molecule has 14 heteroatoms. The van der Waals surface area contributed by atoms with E-state index in [1.807, 2.05) is 0 Å². The summed E-state index contributed by atoms with van der Waals surface area (Å²) >= 11 is 0. The minimum Gasteiger partial charge on any atom is -0.490 e. The Hall–Kier alpha value is -4.36. The van der Waals surface area contributed by atoms with Crippen LogP contribution in [0.2, 0.25) is 0 Å². The fourth-order valence-corrected chi connectivity index (χ4v) is 2.75. The van der Waals surface area contributed by atoms with Gasteiger partial charge in [-0.15, -0.1) is 26.3 Å². The van der Waals surface area contributed by atoms with Crippen LogP contribution in [-0.2, 0) is 19.1 Å². The first kappa shape index (κ1) is 29.9. The predicted molar refractivity (Wildman–Crippen MR) is 119 cm³/mol. The predicted octanol–water partition coefficient (Wildman–Crippen LogP) is 5.37. The van der Waals surface area contributed by atoms with E-state index in [0.29, 0.717) is 0 Å². The van der Waals surface area contributed by atoms with Crippen molar-refractivity contribution < 1.29 is 64.4 Å². The molecule has 0 fully saturated rings. The van der Waals surface area contributed by atoms with Crippen LogP contribution < -0.4 is 18.9 Å². The van der Waals surface area contributed by atoms with Gasteiger partial charge in [-0.05, 0) is 35.4 Å². The molecular weight excluding hydrogens is 530 g/mol. The van der Waals surface area contributed by atoms with E-state index in [9.17, 15) is 35.9 Å². The normalized spacial score (nSPS) is 11.2. The van der Waals surface area contributed by atoms with Crippen LogP contribution in [0.25, 0.3) is 11.1 Å². The van der Waals surface area contributed by atoms with Crippen molar-refractivity contribution in [3.63, 3.8) is 0 Å². The molecule has 0 N–H and O–H groups in total. The van der Waals surface area contributed by atoms with E-state index in [1.54, 1.807) is 0 Å². The molecule has 0 aromatic heterocycles. The lowest BCUT2D eigenvalue weighted by atomic mass is 10.0. The highest BCUT2D eigenvalue weighted by molar-refractivity contribution is 5.81. The Morgan fingerprint density at radius 1 is 0.605 bits per heavy atom. The zero-order chi connectivity index (χ0) is 28.3. The SMILES string of the molecule is C=CC(=O)OCCOc1cc(OC(F)(F)F)cc(-c2cc(OCCOC(=O)C=C)cc(OC(F)(F)F)c2)c1. The smallest absolute Gasteiger partial charge is 0.490 e. The van der Waals surface area contributed by atoms with E-state index in [-0.39, 0.29) is 49.1 Å². The van der Waals surface area contributed by atoms with Crippen molar-refractivity contribution in [2.24, 2.45) is 0 Å². The maximum atomic E-state index is 12.9. The molecule has 0 aliphatic heterocycles. The maximum absolute atomic E-state index is 12.9. The van der Waals surface area contributed by atoms with Crippen LogP contribution in [0, 0.1) is 0 Å². The van der Waals surface area contributed by atoms with Gasteiger partial charge in [-0.2, -0.15) is 0 Å². The van der Waals surface area contributed by atoms with Crippen molar-refractivity contribution >= 4 is 11.9 Å². The lowest BCUT2D eigenvalue weighted by Gasteiger charge is -2.16. The lowest BCUT2D eigenvalue weighted by molar-refractivity contribution is -0.275. The molecule has 2 aromatic carbocycles. The Morgan fingerprint density at radius 3 is 1.26 bits per heavy atom. The molecule has 0 unspecified atom stereocenters. The lowest BCUT2D eigenvalue weighted by Crippen LogP contribution is -2.17. The summed E-state index contributed by atoms with van der Waals surface area (Å²) in [5.41, 5.74) is -0.138. The van der Waals surface area contributed by atoms with E-state index in [2.05, 4.69) is 22.6 Å². The summed E-state index contributed by atoms with van der Waals surface area (Å²) in [5, 5.41) is 0. The van der Waals surface area contributed by atoms with Gasteiger partial charge in [0.1, 0.15) is 49.4 Å². The third-order valence-electron chi connectivity index (χ3n) is 4.09. The molecular formula is C24H20F6O8. The van der Waals surface area contributed by atoms with Crippen molar-refractivity contribution in [1.82, 2.24) is 0 Å². The van der Waals surface area contributed by atoms with Gasteiger partial charge in [0.05, 0.1) is 0 Å². The van der Waals surface area contributed by atoms with Crippen molar-refractivity contribution in [2.75, 3.05) is 26.4 Å². The zero-order valence-electron chi connectivity index (χ0n) is 19.4. The molecule has 0 saturated heterocycles. The number of rotatable bonds is 13. The average molecular weight is 550 g/mol. The number of alkyl halides is 6. The van der Waals surface area contributed by atoms with E-state index >= 15 is 0 Å².